The Morgan fingerprint density at radius 1 is 0.947 bits per heavy atom. The summed E-state index contributed by atoms with van der Waals surface area (Å²) in [7, 11) is 0. The van der Waals surface area contributed by atoms with Crippen LogP contribution >= 0.6 is 0 Å². The largest absolute Gasteiger partial charge is 0.417 e. The smallest absolute Gasteiger partial charge is 0.237 e. The third-order valence-corrected chi connectivity index (χ3v) is 2.80. The van der Waals surface area contributed by atoms with E-state index >= 15 is 0 Å². The van der Waals surface area contributed by atoms with Gasteiger partial charge in [-0.15, -0.1) is 0 Å². The van der Waals surface area contributed by atoms with E-state index in [1.54, 1.807) is 12.1 Å². The van der Waals surface area contributed by atoms with Crippen molar-refractivity contribution in [2.75, 3.05) is 0 Å². The summed E-state index contributed by atoms with van der Waals surface area (Å²) in [6.07, 6.45) is -1.43. The lowest BCUT2D eigenvalue weighted by atomic mass is 10.0. The quantitative estimate of drug-likeness (QED) is 0.673. The van der Waals surface area contributed by atoms with Crippen LogP contribution in [0.15, 0.2) is 48.8 Å². The van der Waals surface area contributed by atoms with Gasteiger partial charge in [0.05, 0.1) is 17.5 Å². The molecule has 0 atom stereocenters. The van der Waals surface area contributed by atoms with Crippen LogP contribution in [-0.2, 0) is 6.18 Å². The molecule has 0 fully saturated rings. The molecule has 0 spiro atoms. The number of hydrogen-bond donors (Lipinski definition) is 0. The van der Waals surface area contributed by atoms with Crippen LogP contribution in [0.4, 0.5) is 13.2 Å². The number of fused-ring (bicyclic) bond motifs is 1. The monoisotopic (exact) mass is 263 g/mol. The van der Waals surface area contributed by atoms with E-state index in [4.69, 9.17) is 0 Å². The van der Waals surface area contributed by atoms with E-state index in [9.17, 15) is 13.2 Å². The van der Waals surface area contributed by atoms with Gasteiger partial charge in [0.1, 0.15) is 0 Å². The summed E-state index contributed by atoms with van der Waals surface area (Å²) < 4.78 is 40.4. The van der Waals surface area contributed by atoms with Crippen LogP contribution in [0.5, 0.6) is 0 Å². The fourth-order valence-corrected chi connectivity index (χ4v) is 1.99. The third-order valence-electron chi connectivity index (χ3n) is 2.80. The van der Waals surface area contributed by atoms with Crippen molar-refractivity contribution in [3.8, 4) is 11.3 Å². The molecule has 0 aliphatic rings. The minimum absolute atomic E-state index is 0.0890. The summed E-state index contributed by atoms with van der Waals surface area (Å²) in [5.74, 6) is 0. The number of halogens is 3. The molecule has 1 aromatic carbocycles. The van der Waals surface area contributed by atoms with Gasteiger partial charge in [-0.05, 0) is 12.1 Å². The van der Waals surface area contributed by atoms with Gasteiger partial charge in [0, 0.05) is 17.8 Å². The van der Waals surface area contributed by atoms with E-state index < -0.39 is 11.7 Å². The van der Waals surface area contributed by atoms with Gasteiger partial charge in [-0.25, -0.2) is 9.50 Å². The highest BCUT2D eigenvalue weighted by Gasteiger charge is 2.33. The van der Waals surface area contributed by atoms with Crippen LogP contribution in [0.2, 0.25) is 0 Å². The molecule has 6 heteroatoms. The van der Waals surface area contributed by atoms with Crippen molar-refractivity contribution in [3.63, 3.8) is 0 Å². The zero-order valence-electron chi connectivity index (χ0n) is 9.59. The Morgan fingerprint density at radius 2 is 1.74 bits per heavy atom. The van der Waals surface area contributed by atoms with E-state index in [-0.39, 0.29) is 5.56 Å². The Hall–Kier alpha value is -2.37. The van der Waals surface area contributed by atoms with E-state index in [2.05, 4.69) is 10.1 Å². The molecule has 19 heavy (non-hydrogen) atoms. The molecule has 3 nitrogen and oxygen atoms in total. The second-order valence-corrected chi connectivity index (χ2v) is 3.97. The normalized spacial score (nSPS) is 11.9. The third kappa shape index (κ3) is 1.95. The molecule has 2 aromatic heterocycles. The Kier molecular flexibility index (Phi) is 2.51. The molecule has 0 aliphatic carbocycles. The minimum atomic E-state index is -4.40. The number of rotatable bonds is 1. The fraction of sp³-hybridized carbons (Fsp3) is 0.0769. The highest BCUT2D eigenvalue weighted by Crippen LogP contribution is 2.36. The predicted molar refractivity (Wildman–Crippen MR) is 63.4 cm³/mol. The Morgan fingerprint density at radius 3 is 2.53 bits per heavy atom. The molecule has 0 saturated carbocycles. The van der Waals surface area contributed by atoms with E-state index in [1.807, 2.05) is 0 Å². The molecule has 3 rings (SSSR count). The maximum atomic E-state index is 13.0. The Bertz CT molecular complexity index is 731. The lowest BCUT2D eigenvalue weighted by Crippen LogP contribution is -2.08. The first-order chi connectivity index (χ1) is 9.07. The average Bonchev–Trinajstić information content (AvgIpc) is 2.85. The zero-order chi connectivity index (χ0) is 13.5. The topological polar surface area (TPSA) is 30.2 Å². The molecule has 0 amide bonds. The van der Waals surface area contributed by atoms with E-state index in [1.165, 1.54) is 35.1 Å². The van der Waals surface area contributed by atoms with Crippen LogP contribution in [0, 0.1) is 0 Å². The van der Waals surface area contributed by atoms with Crippen molar-refractivity contribution in [1.29, 1.82) is 0 Å². The van der Waals surface area contributed by atoms with Crippen molar-refractivity contribution in [3.05, 3.63) is 54.4 Å². The van der Waals surface area contributed by atoms with Crippen molar-refractivity contribution in [2.24, 2.45) is 0 Å². The summed E-state index contributed by atoms with van der Waals surface area (Å²) >= 11 is 0. The molecule has 3 aromatic rings. The molecule has 0 saturated heterocycles. The van der Waals surface area contributed by atoms with E-state index in [0.29, 0.717) is 11.3 Å². The van der Waals surface area contributed by atoms with Gasteiger partial charge >= 0.3 is 6.18 Å². The van der Waals surface area contributed by atoms with Crippen LogP contribution in [0.25, 0.3) is 16.9 Å². The number of alkyl halides is 3. The summed E-state index contributed by atoms with van der Waals surface area (Å²) in [5.41, 5.74) is 0.279. The van der Waals surface area contributed by atoms with Crippen LogP contribution < -0.4 is 0 Å². The second-order valence-electron chi connectivity index (χ2n) is 3.97. The molecule has 0 aliphatic heterocycles. The van der Waals surface area contributed by atoms with Gasteiger partial charge in [0.15, 0.2) is 5.65 Å². The van der Waals surface area contributed by atoms with Crippen molar-refractivity contribution < 1.29 is 13.2 Å². The number of nitrogens with zero attached hydrogens (tertiary/aromatic N) is 3. The zero-order valence-corrected chi connectivity index (χ0v) is 9.59. The standard InChI is InChI=1S/C13H8F3N3/c14-13(15,16)10-4-2-1-3-9(10)11-5-7-17-12-6-8-18-19(11)12/h1-8H. The summed E-state index contributed by atoms with van der Waals surface area (Å²) in [6.45, 7) is 0. The average molecular weight is 263 g/mol. The van der Waals surface area contributed by atoms with Crippen LogP contribution in [-0.4, -0.2) is 14.6 Å². The van der Waals surface area contributed by atoms with Gasteiger partial charge in [-0.1, -0.05) is 18.2 Å². The molecule has 2 heterocycles. The fourth-order valence-electron chi connectivity index (χ4n) is 1.99. The number of aromatic nitrogens is 3. The predicted octanol–water partition coefficient (Wildman–Crippen LogP) is 3.42. The molecule has 0 bridgehead atoms. The van der Waals surface area contributed by atoms with Crippen LogP contribution in [0.1, 0.15) is 5.56 Å². The number of benzene rings is 1. The molecular weight excluding hydrogens is 255 g/mol. The van der Waals surface area contributed by atoms with Crippen LogP contribution in [0.3, 0.4) is 0 Å². The summed E-state index contributed by atoms with van der Waals surface area (Å²) in [5, 5.41) is 4.01. The SMILES string of the molecule is FC(F)(F)c1ccccc1-c1ccnc2ccnn12. The summed E-state index contributed by atoms with van der Waals surface area (Å²) in [4.78, 5) is 4.04. The second kappa shape index (κ2) is 4.08. The molecule has 0 radical (unpaired) electrons. The lowest BCUT2D eigenvalue weighted by Gasteiger charge is -2.13. The highest BCUT2D eigenvalue weighted by molar-refractivity contribution is 5.66. The van der Waals surface area contributed by atoms with Gasteiger partial charge in [0.25, 0.3) is 0 Å². The van der Waals surface area contributed by atoms with Crippen molar-refractivity contribution in [1.82, 2.24) is 14.6 Å². The minimum Gasteiger partial charge on any atom is -0.237 e. The Balaban J connectivity index is 2.31. The van der Waals surface area contributed by atoms with E-state index in [0.717, 1.165) is 6.07 Å². The van der Waals surface area contributed by atoms with Gasteiger partial charge in [-0.3, -0.25) is 0 Å². The number of hydrogen-bond acceptors (Lipinski definition) is 2. The highest BCUT2D eigenvalue weighted by atomic mass is 19.4. The molecule has 0 unspecified atom stereocenters. The maximum Gasteiger partial charge on any atom is 0.417 e. The first-order valence-electron chi connectivity index (χ1n) is 5.53. The maximum absolute atomic E-state index is 13.0. The van der Waals surface area contributed by atoms with Crippen molar-refractivity contribution >= 4 is 5.65 Å². The first-order valence-corrected chi connectivity index (χ1v) is 5.53. The van der Waals surface area contributed by atoms with Gasteiger partial charge in [0.2, 0.25) is 0 Å². The van der Waals surface area contributed by atoms with Gasteiger partial charge < -0.3 is 0 Å². The van der Waals surface area contributed by atoms with Gasteiger partial charge in [-0.2, -0.15) is 18.3 Å². The summed E-state index contributed by atoms with van der Waals surface area (Å²) in [6, 6.07) is 8.59. The lowest BCUT2D eigenvalue weighted by molar-refractivity contribution is -0.137. The molecular formula is C13H8F3N3. The molecule has 0 N–H and O–H groups in total. The van der Waals surface area contributed by atoms with Crippen molar-refractivity contribution in [2.45, 2.75) is 6.18 Å². The first kappa shape index (κ1) is 11.7. The molecule has 96 valence electrons. The Labute approximate surface area is 106 Å².